The van der Waals surface area contributed by atoms with Crippen LogP contribution in [-0.2, 0) is 13.6 Å². The van der Waals surface area contributed by atoms with E-state index in [1.165, 1.54) is 0 Å². The smallest absolute Gasteiger partial charge is 0.0835 e. The zero-order valence-corrected chi connectivity index (χ0v) is 15.0. The molecule has 1 N–H and O–H groups in total. The molecule has 7 heteroatoms. The molecule has 0 amide bonds. The van der Waals surface area contributed by atoms with Crippen LogP contribution in [0.1, 0.15) is 11.4 Å². The summed E-state index contributed by atoms with van der Waals surface area (Å²) in [6.45, 7) is 2.56. The van der Waals surface area contributed by atoms with Gasteiger partial charge in [0.1, 0.15) is 0 Å². The van der Waals surface area contributed by atoms with E-state index >= 15 is 0 Å². The molecule has 0 bridgehead atoms. The summed E-state index contributed by atoms with van der Waals surface area (Å²) in [7, 11) is 1.91. The summed E-state index contributed by atoms with van der Waals surface area (Å²) >= 11 is 19.1. The van der Waals surface area contributed by atoms with E-state index in [1.54, 1.807) is 0 Å². The number of hydrogen-bond donors (Lipinski definition) is 1. The summed E-state index contributed by atoms with van der Waals surface area (Å²) in [4.78, 5) is 0. The summed E-state index contributed by atoms with van der Waals surface area (Å²) in [5, 5.41) is 8.62. The fraction of sp³-hybridized carbons (Fsp3) is 0.250. The van der Waals surface area contributed by atoms with Gasteiger partial charge in [-0.2, -0.15) is 5.10 Å². The van der Waals surface area contributed by atoms with Crippen molar-refractivity contribution < 1.29 is 0 Å². The first-order chi connectivity index (χ1) is 8.91. The molecule has 0 unspecified atom stereocenters. The zero-order valence-electron chi connectivity index (χ0n) is 10.3. The summed E-state index contributed by atoms with van der Waals surface area (Å²) in [6, 6.07) is 3.75. The Morgan fingerprint density at radius 1 is 1.26 bits per heavy atom. The molecule has 0 aliphatic carbocycles. The van der Waals surface area contributed by atoms with Gasteiger partial charge in [0.15, 0.2) is 0 Å². The van der Waals surface area contributed by atoms with Crippen LogP contribution in [0.4, 0.5) is 5.69 Å². The lowest BCUT2D eigenvalue weighted by molar-refractivity contribution is 0.712. The first-order valence-corrected chi connectivity index (χ1v) is 7.81. The minimum absolute atomic E-state index is 0.506. The zero-order chi connectivity index (χ0) is 14.2. The molecule has 0 spiro atoms. The highest BCUT2D eigenvalue weighted by molar-refractivity contribution is 9.10. The highest BCUT2D eigenvalue weighted by Crippen LogP contribution is 2.36. The van der Waals surface area contributed by atoms with Gasteiger partial charge in [-0.25, -0.2) is 0 Å². The molecule has 3 nitrogen and oxygen atoms in total. The Labute approximate surface area is 138 Å². The number of rotatable bonds is 3. The van der Waals surface area contributed by atoms with Gasteiger partial charge in [-0.05, 0) is 50.9 Å². The van der Waals surface area contributed by atoms with E-state index in [9.17, 15) is 0 Å². The Bertz CT molecular complexity index is 626. The fourth-order valence-electron chi connectivity index (χ4n) is 1.71. The molecule has 1 heterocycles. The maximum Gasteiger partial charge on any atom is 0.0835 e. The topological polar surface area (TPSA) is 29.9 Å². The molecule has 0 atom stereocenters. The second kappa shape index (κ2) is 6.04. The first-order valence-electron chi connectivity index (χ1n) is 5.47. The molecule has 1 aromatic carbocycles. The fourth-order valence-corrected chi connectivity index (χ4v) is 3.03. The van der Waals surface area contributed by atoms with Crippen LogP contribution in [0.25, 0.3) is 0 Å². The largest absolute Gasteiger partial charge is 0.378 e. The highest BCUT2D eigenvalue weighted by atomic mass is 79.9. The lowest BCUT2D eigenvalue weighted by atomic mass is 10.3. The molecule has 19 heavy (non-hydrogen) atoms. The van der Waals surface area contributed by atoms with Crippen LogP contribution in [0, 0.1) is 6.92 Å². The third kappa shape index (κ3) is 3.10. The van der Waals surface area contributed by atoms with Crippen LogP contribution < -0.4 is 5.32 Å². The van der Waals surface area contributed by atoms with Crippen molar-refractivity contribution >= 4 is 60.7 Å². The molecule has 102 valence electrons. The van der Waals surface area contributed by atoms with Crippen molar-refractivity contribution in [1.82, 2.24) is 9.78 Å². The number of anilines is 1. The third-order valence-corrected chi connectivity index (χ3v) is 5.55. The van der Waals surface area contributed by atoms with Gasteiger partial charge in [-0.15, -0.1) is 0 Å². The van der Waals surface area contributed by atoms with Crippen LogP contribution in [0.5, 0.6) is 0 Å². The SMILES string of the molecule is Cc1nn(C)c(CNc2ccc(Br)c(Cl)c2Cl)c1Br. The van der Waals surface area contributed by atoms with Crippen molar-refractivity contribution in [1.29, 1.82) is 0 Å². The van der Waals surface area contributed by atoms with Crippen molar-refractivity contribution in [3.63, 3.8) is 0 Å². The predicted molar refractivity (Wildman–Crippen MR) is 87.1 cm³/mol. The van der Waals surface area contributed by atoms with Gasteiger partial charge in [-0.3, -0.25) is 4.68 Å². The number of aromatic nitrogens is 2. The molecule has 0 aliphatic heterocycles. The molecule has 0 aliphatic rings. The standard InChI is InChI=1S/C12H11Br2Cl2N3/c1-6-10(14)9(19(2)18-6)5-17-8-4-3-7(13)11(15)12(8)16/h3-4,17H,5H2,1-2H3. The van der Waals surface area contributed by atoms with Crippen LogP contribution in [0.15, 0.2) is 21.1 Å². The second-order valence-electron chi connectivity index (χ2n) is 4.05. The van der Waals surface area contributed by atoms with Gasteiger partial charge in [0, 0.05) is 11.5 Å². The van der Waals surface area contributed by atoms with Crippen LogP contribution in [0.3, 0.4) is 0 Å². The van der Waals surface area contributed by atoms with E-state index in [0.29, 0.717) is 16.6 Å². The van der Waals surface area contributed by atoms with Gasteiger partial charge in [-0.1, -0.05) is 23.2 Å². The first kappa shape index (κ1) is 15.2. The van der Waals surface area contributed by atoms with Crippen molar-refractivity contribution in [3.05, 3.63) is 42.5 Å². The summed E-state index contributed by atoms with van der Waals surface area (Å²) in [6.07, 6.45) is 0. The monoisotopic (exact) mass is 425 g/mol. The Morgan fingerprint density at radius 2 is 1.95 bits per heavy atom. The maximum atomic E-state index is 6.19. The van der Waals surface area contributed by atoms with Crippen LogP contribution in [0.2, 0.25) is 10.0 Å². The van der Waals surface area contributed by atoms with Crippen molar-refractivity contribution in [2.24, 2.45) is 7.05 Å². The average Bonchev–Trinajstić information content (AvgIpc) is 2.61. The molecule has 2 rings (SSSR count). The van der Waals surface area contributed by atoms with Gasteiger partial charge >= 0.3 is 0 Å². The second-order valence-corrected chi connectivity index (χ2v) is 6.45. The highest BCUT2D eigenvalue weighted by Gasteiger charge is 2.12. The summed E-state index contributed by atoms with van der Waals surface area (Å²) < 4.78 is 3.62. The van der Waals surface area contributed by atoms with E-state index in [0.717, 1.165) is 26.0 Å². The maximum absolute atomic E-state index is 6.19. The van der Waals surface area contributed by atoms with Gasteiger partial charge in [0.05, 0.1) is 38.1 Å². The van der Waals surface area contributed by atoms with Crippen LogP contribution in [-0.4, -0.2) is 9.78 Å². The van der Waals surface area contributed by atoms with E-state index in [1.807, 2.05) is 30.8 Å². The lowest BCUT2D eigenvalue weighted by Gasteiger charge is -2.11. The van der Waals surface area contributed by atoms with Gasteiger partial charge in [0.25, 0.3) is 0 Å². The predicted octanol–water partition coefficient (Wildman–Crippen LogP) is 5.17. The molecule has 2 aromatic rings. The third-order valence-electron chi connectivity index (χ3n) is 2.74. The number of nitrogens with one attached hydrogen (secondary N) is 1. The Morgan fingerprint density at radius 3 is 2.53 bits per heavy atom. The number of benzene rings is 1. The Balaban J connectivity index is 2.22. The van der Waals surface area contributed by atoms with Gasteiger partial charge < -0.3 is 5.32 Å². The van der Waals surface area contributed by atoms with Crippen LogP contribution >= 0.6 is 55.1 Å². The number of halogens is 4. The minimum atomic E-state index is 0.506. The number of aryl methyl sites for hydroxylation is 2. The summed E-state index contributed by atoms with van der Waals surface area (Å²) in [5.74, 6) is 0. The molecular formula is C12H11Br2Cl2N3. The number of nitrogens with zero attached hydrogens (tertiary/aromatic N) is 2. The molecule has 0 saturated carbocycles. The van der Waals surface area contributed by atoms with E-state index in [4.69, 9.17) is 23.2 Å². The molecular weight excluding hydrogens is 417 g/mol. The Hall–Kier alpha value is -0.230. The van der Waals surface area contributed by atoms with Crippen molar-refractivity contribution in [2.75, 3.05) is 5.32 Å². The molecule has 0 saturated heterocycles. The molecule has 1 aromatic heterocycles. The van der Waals surface area contributed by atoms with Crippen molar-refractivity contribution in [2.45, 2.75) is 13.5 Å². The van der Waals surface area contributed by atoms with E-state index < -0.39 is 0 Å². The molecule has 0 fully saturated rings. The van der Waals surface area contributed by atoms with E-state index in [2.05, 4.69) is 42.3 Å². The Kier molecular flexibility index (Phi) is 4.82. The quantitative estimate of drug-likeness (QED) is 0.684. The van der Waals surface area contributed by atoms with E-state index in [-0.39, 0.29) is 0 Å². The number of hydrogen-bond acceptors (Lipinski definition) is 2. The van der Waals surface area contributed by atoms with Gasteiger partial charge in [0.2, 0.25) is 0 Å². The lowest BCUT2D eigenvalue weighted by Crippen LogP contribution is -2.06. The van der Waals surface area contributed by atoms with Crippen molar-refractivity contribution in [3.8, 4) is 0 Å². The average molecular weight is 428 g/mol. The normalized spacial score (nSPS) is 10.8. The molecule has 0 radical (unpaired) electrons. The summed E-state index contributed by atoms with van der Waals surface area (Å²) in [5.41, 5.74) is 2.80. The minimum Gasteiger partial charge on any atom is -0.378 e.